The van der Waals surface area contributed by atoms with Gasteiger partial charge < -0.3 is 30.5 Å². The van der Waals surface area contributed by atoms with E-state index in [0.717, 1.165) is 0 Å². The molecule has 3 aromatic carbocycles. The van der Waals surface area contributed by atoms with Crippen LogP contribution in [0.3, 0.4) is 0 Å². The number of para-hydroxylation sites is 1. The van der Waals surface area contributed by atoms with Crippen molar-refractivity contribution in [3.8, 4) is 5.75 Å². The van der Waals surface area contributed by atoms with Crippen molar-refractivity contribution < 1.29 is 44.5 Å². The predicted octanol–water partition coefficient (Wildman–Crippen LogP) is 1.68. The van der Waals surface area contributed by atoms with Crippen LogP contribution < -0.4 is 5.32 Å². The molecule has 0 unspecified atom stereocenters. The number of nitrogens with one attached hydrogen (secondary N) is 1. The number of amides is 1. The summed E-state index contributed by atoms with van der Waals surface area (Å²) >= 11 is 0. The fourth-order valence-corrected chi connectivity index (χ4v) is 5.05. The number of benzene rings is 3. The van der Waals surface area contributed by atoms with Crippen molar-refractivity contribution in [2.45, 2.75) is 30.8 Å². The number of aliphatic hydroxyl groups excluding tert-OH is 2. The summed E-state index contributed by atoms with van der Waals surface area (Å²) in [7, 11) is 0. The number of fused-ring (bicyclic) bond motifs is 3. The van der Waals surface area contributed by atoms with E-state index in [2.05, 4.69) is 5.32 Å². The lowest BCUT2D eigenvalue weighted by Gasteiger charge is -2.41. The Morgan fingerprint density at radius 2 is 1.69 bits per heavy atom. The van der Waals surface area contributed by atoms with Crippen molar-refractivity contribution in [1.29, 1.82) is 0 Å². The third kappa shape index (κ3) is 4.30. The highest BCUT2D eigenvalue weighted by Crippen LogP contribution is 2.45. The molecule has 12 heteroatoms. The Hall–Kier alpha value is -4.65. The van der Waals surface area contributed by atoms with E-state index in [-0.39, 0.29) is 51.2 Å². The molecular formula is C27H22N2O10. The Labute approximate surface area is 220 Å². The summed E-state index contributed by atoms with van der Waals surface area (Å²) in [6.07, 6.45) is -5.33. The maximum atomic E-state index is 13.1. The first-order valence-corrected chi connectivity index (χ1v) is 11.8. The van der Waals surface area contributed by atoms with Gasteiger partial charge in [0.1, 0.15) is 30.2 Å². The number of aliphatic hydroxyl groups is 3. The van der Waals surface area contributed by atoms with Crippen LogP contribution >= 0.6 is 0 Å². The highest BCUT2D eigenvalue weighted by molar-refractivity contribution is 6.29. The minimum Gasteiger partial charge on any atom is -0.507 e. The average molecular weight is 534 g/mol. The lowest BCUT2D eigenvalue weighted by atomic mass is 9.72. The molecule has 3 atom stereocenters. The van der Waals surface area contributed by atoms with Gasteiger partial charge in [-0.1, -0.05) is 42.5 Å². The van der Waals surface area contributed by atoms with Gasteiger partial charge in [0.25, 0.3) is 5.69 Å². The van der Waals surface area contributed by atoms with Crippen molar-refractivity contribution in [2.75, 3.05) is 6.61 Å². The van der Waals surface area contributed by atoms with Gasteiger partial charge in [-0.25, -0.2) is 4.79 Å². The Morgan fingerprint density at radius 1 is 1.05 bits per heavy atom. The minimum atomic E-state index is -2.23. The molecular weight excluding hydrogens is 512 g/mol. The van der Waals surface area contributed by atoms with Gasteiger partial charge in [-0.05, 0) is 11.6 Å². The van der Waals surface area contributed by atoms with Gasteiger partial charge in [-0.15, -0.1) is 0 Å². The number of hydrogen-bond donors (Lipinski definition) is 5. The second-order valence-corrected chi connectivity index (χ2v) is 9.41. The van der Waals surface area contributed by atoms with Crippen LogP contribution in [0.15, 0.2) is 54.6 Å². The molecule has 0 bridgehead atoms. The zero-order valence-electron chi connectivity index (χ0n) is 20.2. The third-order valence-corrected chi connectivity index (χ3v) is 7.02. The van der Waals surface area contributed by atoms with E-state index in [0.29, 0.717) is 0 Å². The van der Waals surface area contributed by atoms with Crippen LogP contribution in [0, 0.1) is 10.1 Å². The van der Waals surface area contributed by atoms with Crippen molar-refractivity contribution in [2.24, 2.45) is 0 Å². The number of phenolic OH excluding ortho intramolecular Hbond substituents is 1. The Bertz CT molecular complexity index is 1550. The molecule has 0 fully saturated rings. The average Bonchev–Trinajstić information content (AvgIpc) is 2.92. The number of hydrogen-bond acceptors (Lipinski definition) is 10. The maximum absolute atomic E-state index is 13.1. The molecule has 0 aliphatic heterocycles. The fraction of sp³-hybridized carbons (Fsp3) is 0.222. The van der Waals surface area contributed by atoms with Crippen molar-refractivity contribution in [3.05, 3.63) is 104 Å². The number of nitrogens with zero attached hydrogens (tertiary/aromatic N) is 1. The molecule has 5 N–H and O–H groups in total. The van der Waals surface area contributed by atoms with Crippen LogP contribution in [-0.4, -0.2) is 61.3 Å². The van der Waals surface area contributed by atoms with Crippen LogP contribution in [0.1, 0.15) is 54.6 Å². The molecule has 2 aliphatic carbocycles. The topological polar surface area (TPSA) is 197 Å². The molecule has 0 saturated carbocycles. The fourth-order valence-electron chi connectivity index (χ4n) is 5.05. The number of phenols is 1. The number of rotatable bonds is 5. The monoisotopic (exact) mass is 534 g/mol. The number of ketones is 2. The molecule has 2 aliphatic rings. The van der Waals surface area contributed by atoms with E-state index in [1.54, 1.807) is 18.2 Å². The van der Waals surface area contributed by atoms with Gasteiger partial charge in [0, 0.05) is 40.3 Å². The molecule has 12 nitrogen and oxygen atoms in total. The second-order valence-electron chi connectivity index (χ2n) is 9.41. The van der Waals surface area contributed by atoms with Crippen LogP contribution in [0.2, 0.25) is 0 Å². The van der Waals surface area contributed by atoms with Crippen LogP contribution in [0.5, 0.6) is 5.75 Å². The smallest absolute Gasteiger partial charge is 0.407 e. The SMILES string of the molecule is O=C(NCc1ccccc1[N+](=O)[O-])OC[C@]1(O)Cc2cc3c(c(O)c2[C@H](O)[C@@H]1O)C(=O)c1ccccc1C3=O. The first-order chi connectivity index (χ1) is 18.5. The molecule has 1 amide bonds. The van der Waals surface area contributed by atoms with Gasteiger partial charge in [-0.3, -0.25) is 19.7 Å². The summed E-state index contributed by atoms with van der Waals surface area (Å²) in [5.74, 6) is -1.83. The number of ether oxygens (including phenoxy) is 1. The molecule has 0 saturated heterocycles. The zero-order valence-corrected chi connectivity index (χ0v) is 20.2. The van der Waals surface area contributed by atoms with Gasteiger partial charge >= 0.3 is 6.09 Å². The summed E-state index contributed by atoms with van der Waals surface area (Å²) in [5, 5.41) is 57.1. The van der Waals surface area contributed by atoms with E-state index in [4.69, 9.17) is 4.74 Å². The van der Waals surface area contributed by atoms with E-state index in [1.807, 2.05) is 0 Å². The second kappa shape index (κ2) is 9.58. The van der Waals surface area contributed by atoms with Gasteiger partial charge in [0.15, 0.2) is 11.6 Å². The van der Waals surface area contributed by atoms with Gasteiger partial charge in [0.05, 0.1) is 17.0 Å². The number of nitro benzene ring substituents is 1. The quantitative estimate of drug-likeness (QED) is 0.186. The summed E-state index contributed by atoms with van der Waals surface area (Å²) < 4.78 is 5.04. The molecule has 0 aromatic heterocycles. The Morgan fingerprint density at radius 3 is 2.38 bits per heavy atom. The molecule has 200 valence electrons. The molecule has 0 heterocycles. The van der Waals surface area contributed by atoms with E-state index in [1.165, 1.54) is 36.4 Å². The first-order valence-electron chi connectivity index (χ1n) is 11.8. The lowest BCUT2D eigenvalue weighted by Crippen LogP contribution is -2.54. The molecule has 0 spiro atoms. The summed E-state index contributed by atoms with van der Waals surface area (Å²) in [6, 6.07) is 13.1. The van der Waals surface area contributed by atoms with Crippen LogP contribution in [0.25, 0.3) is 0 Å². The van der Waals surface area contributed by atoms with Crippen molar-refractivity contribution in [1.82, 2.24) is 5.32 Å². The van der Waals surface area contributed by atoms with Crippen molar-refractivity contribution in [3.63, 3.8) is 0 Å². The van der Waals surface area contributed by atoms with Gasteiger partial charge in [-0.2, -0.15) is 0 Å². The number of carbonyl (C=O) groups excluding carboxylic acids is 3. The van der Waals surface area contributed by atoms with Crippen molar-refractivity contribution >= 4 is 23.3 Å². The predicted molar refractivity (Wildman–Crippen MR) is 132 cm³/mol. The number of alkyl carbamates (subject to hydrolysis) is 1. The zero-order chi connectivity index (χ0) is 28.1. The lowest BCUT2D eigenvalue weighted by molar-refractivity contribution is -0.385. The summed E-state index contributed by atoms with van der Waals surface area (Å²) in [4.78, 5) is 49.0. The Balaban J connectivity index is 1.37. The third-order valence-electron chi connectivity index (χ3n) is 7.02. The maximum Gasteiger partial charge on any atom is 0.407 e. The summed E-state index contributed by atoms with van der Waals surface area (Å²) in [5.41, 5.74) is -2.57. The minimum absolute atomic E-state index is 0.0796. The molecule has 39 heavy (non-hydrogen) atoms. The molecule has 0 radical (unpaired) electrons. The standard InChI is InChI=1S/C27H22N2O10/c30-21-15-6-2-3-7-16(15)22(31)20-17(21)9-14-10-27(36,25(34)24(33)19(14)23(20)32)12-39-26(35)28-11-13-5-1-4-8-18(13)29(37)38/h1-9,24-25,32-34,36H,10-12H2,(H,28,35)/t24-,25-,27+/m0/s1. The number of nitro groups is 1. The summed E-state index contributed by atoms with van der Waals surface area (Å²) in [6.45, 7) is -1.05. The van der Waals surface area contributed by atoms with Gasteiger partial charge in [0.2, 0.25) is 0 Å². The van der Waals surface area contributed by atoms with E-state index < -0.39 is 59.2 Å². The van der Waals surface area contributed by atoms with Crippen LogP contribution in [0.4, 0.5) is 10.5 Å². The first kappa shape index (κ1) is 26.0. The molecule has 5 rings (SSSR count). The van der Waals surface area contributed by atoms with Crippen LogP contribution in [-0.2, 0) is 17.7 Å². The highest BCUT2D eigenvalue weighted by atomic mass is 16.6. The Kier molecular flexibility index (Phi) is 6.38. The number of aromatic hydroxyl groups is 1. The largest absolute Gasteiger partial charge is 0.507 e. The highest BCUT2D eigenvalue weighted by Gasteiger charge is 2.49. The molecule has 3 aromatic rings. The normalized spacial score (nSPS) is 21.4. The van der Waals surface area contributed by atoms with E-state index >= 15 is 0 Å². The van der Waals surface area contributed by atoms with E-state index in [9.17, 15) is 44.9 Å². The number of carbonyl (C=O) groups is 3.